The van der Waals surface area contributed by atoms with Crippen LogP contribution in [0.1, 0.15) is 77.0 Å². The molecule has 0 N–H and O–H groups in total. The molecule has 0 unspecified atom stereocenters. The van der Waals surface area contributed by atoms with Crippen LogP contribution in [-0.4, -0.2) is 61.6 Å². The fraction of sp³-hybridized carbons (Fsp3) is 0.353. The Bertz CT molecular complexity index is 1880. The Balaban J connectivity index is 1.89. The maximum Gasteiger partial charge on any atom is 0.419 e. The summed E-state index contributed by atoms with van der Waals surface area (Å²) >= 11 is 0. The van der Waals surface area contributed by atoms with E-state index in [4.69, 9.17) is 9.47 Å². The van der Waals surface area contributed by atoms with Gasteiger partial charge in [0, 0.05) is 36.0 Å². The first-order valence-corrected chi connectivity index (χ1v) is 14.7. The Hall–Kier alpha value is -5.13. The van der Waals surface area contributed by atoms with Crippen molar-refractivity contribution in [2.45, 2.75) is 73.0 Å². The summed E-state index contributed by atoms with van der Waals surface area (Å²) in [6.07, 6.45) is 4.70. The molecule has 46 heavy (non-hydrogen) atoms. The lowest BCUT2D eigenvalue weighted by Crippen LogP contribution is -2.39. The van der Waals surface area contributed by atoms with Gasteiger partial charge in [-0.3, -0.25) is 19.3 Å². The molecule has 0 atom stereocenters. The normalized spacial score (nSPS) is 12.8. The third kappa shape index (κ3) is 7.74. The molecule has 11 nitrogen and oxygen atoms in total. The van der Waals surface area contributed by atoms with Crippen molar-refractivity contribution in [2.75, 3.05) is 11.4 Å². The predicted octanol–water partition coefficient (Wildman–Crippen LogP) is 7.57. The lowest BCUT2D eigenvalue weighted by Gasteiger charge is -2.28. The molecule has 0 radical (unpaired) electrons. The molecular weight excluding hydrogens is 591 g/mol. The Kier molecular flexibility index (Phi) is 9.60. The number of aliphatic imine (C=N–C) groups is 1. The zero-order chi connectivity index (χ0) is 34.0. The second-order valence-electron chi connectivity index (χ2n) is 12.8. The molecule has 0 saturated carbocycles. The molecule has 3 aromatic heterocycles. The number of Topliss-reactive ketones (excluding diaryl/α,β-unsaturated/α-hetero) is 1. The van der Waals surface area contributed by atoms with Gasteiger partial charge in [-0.1, -0.05) is 18.2 Å². The molecule has 0 aliphatic heterocycles. The highest BCUT2D eigenvalue weighted by Gasteiger charge is 2.28. The number of anilines is 1. The van der Waals surface area contributed by atoms with Crippen molar-refractivity contribution in [1.82, 2.24) is 19.2 Å². The molecule has 4 aromatic rings. The summed E-state index contributed by atoms with van der Waals surface area (Å²) in [5.41, 5.74) is 0.740. The molecule has 1 amide bonds. The van der Waals surface area contributed by atoms with E-state index in [1.165, 1.54) is 46.3 Å². The second kappa shape index (κ2) is 13.1. The highest BCUT2D eigenvalue weighted by atomic mass is 19.1. The smallest absolute Gasteiger partial charge is 0.419 e. The van der Waals surface area contributed by atoms with Crippen LogP contribution in [0.25, 0.3) is 22.1 Å². The number of amides is 1. The van der Waals surface area contributed by atoms with Gasteiger partial charge >= 0.3 is 12.2 Å². The topological polar surface area (TPSA) is 120 Å². The lowest BCUT2D eigenvalue weighted by molar-refractivity contribution is 0.0540. The molecule has 0 aliphatic carbocycles. The minimum Gasteiger partial charge on any atom is -0.443 e. The number of fused-ring (bicyclic) bond motifs is 2. The van der Waals surface area contributed by atoms with E-state index < -0.39 is 29.2 Å². The number of hydrogen-bond acceptors (Lipinski definition) is 8. The third-order valence-corrected chi connectivity index (χ3v) is 6.59. The number of rotatable bonds is 8. The second-order valence-corrected chi connectivity index (χ2v) is 12.8. The van der Waals surface area contributed by atoms with Gasteiger partial charge in [-0.05, 0) is 86.2 Å². The Morgan fingerprint density at radius 1 is 1.07 bits per heavy atom. The summed E-state index contributed by atoms with van der Waals surface area (Å²) in [5, 5.41) is 5.19. The SMILES string of the molecule is C=N/C=C(\C=C(/C)F)c1cc(N(CCc2cn(C(=O)OC(C)(C)C)c3ccccc23)C(=O)OC(C)(C)C)n2ncc(C(C)=O)c2n1. The summed E-state index contributed by atoms with van der Waals surface area (Å²) in [6, 6.07) is 8.96. The van der Waals surface area contributed by atoms with Crippen molar-refractivity contribution in [3.05, 3.63) is 77.6 Å². The van der Waals surface area contributed by atoms with Crippen LogP contribution in [0.5, 0.6) is 0 Å². The largest absolute Gasteiger partial charge is 0.443 e. The first-order valence-electron chi connectivity index (χ1n) is 14.7. The third-order valence-electron chi connectivity index (χ3n) is 6.59. The molecule has 3 heterocycles. The van der Waals surface area contributed by atoms with Gasteiger partial charge in [-0.2, -0.15) is 9.61 Å². The van der Waals surface area contributed by atoms with Crippen LogP contribution in [0, 0.1) is 0 Å². The number of benzene rings is 1. The number of hydrogen-bond donors (Lipinski definition) is 0. The summed E-state index contributed by atoms with van der Waals surface area (Å²) in [7, 11) is 0. The van der Waals surface area contributed by atoms with Gasteiger partial charge in [0.1, 0.15) is 17.0 Å². The van der Waals surface area contributed by atoms with Crippen molar-refractivity contribution < 1.29 is 28.2 Å². The van der Waals surface area contributed by atoms with Gasteiger partial charge in [-0.25, -0.2) is 19.0 Å². The van der Waals surface area contributed by atoms with Crippen molar-refractivity contribution in [3.8, 4) is 0 Å². The Morgan fingerprint density at radius 3 is 2.35 bits per heavy atom. The van der Waals surface area contributed by atoms with Gasteiger partial charge in [0.15, 0.2) is 11.4 Å². The first-order chi connectivity index (χ1) is 21.5. The Labute approximate surface area is 267 Å². The van der Waals surface area contributed by atoms with Crippen LogP contribution < -0.4 is 4.90 Å². The van der Waals surface area contributed by atoms with Crippen LogP contribution in [0.3, 0.4) is 0 Å². The van der Waals surface area contributed by atoms with E-state index in [-0.39, 0.29) is 47.0 Å². The average molecular weight is 631 g/mol. The van der Waals surface area contributed by atoms with Crippen LogP contribution in [0.2, 0.25) is 0 Å². The quantitative estimate of drug-likeness (QED) is 0.112. The molecule has 12 heteroatoms. The number of aromatic nitrogens is 4. The summed E-state index contributed by atoms with van der Waals surface area (Å²) in [6.45, 7) is 16.8. The summed E-state index contributed by atoms with van der Waals surface area (Å²) in [4.78, 5) is 49.3. The van der Waals surface area contributed by atoms with E-state index in [9.17, 15) is 18.8 Å². The van der Waals surface area contributed by atoms with Gasteiger partial charge in [0.2, 0.25) is 0 Å². The summed E-state index contributed by atoms with van der Waals surface area (Å²) in [5.74, 6) is -0.588. The molecular formula is C34H39FN6O5. The number of nitrogens with zero attached hydrogens (tertiary/aromatic N) is 6. The van der Waals surface area contributed by atoms with Crippen LogP contribution in [-0.2, 0) is 15.9 Å². The molecule has 0 spiro atoms. The number of carbonyl (C=O) groups is 3. The molecule has 0 saturated heterocycles. The van der Waals surface area contributed by atoms with Crippen LogP contribution in [0.4, 0.5) is 19.8 Å². The van der Waals surface area contributed by atoms with E-state index in [2.05, 4.69) is 21.8 Å². The maximum atomic E-state index is 14.1. The molecule has 0 bridgehead atoms. The van der Waals surface area contributed by atoms with Gasteiger partial charge in [0.25, 0.3) is 0 Å². The molecule has 4 rings (SSSR count). The minimum absolute atomic E-state index is 0.0712. The molecule has 0 fully saturated rings. The fourth-order valence-electron chi connectivity index (χ4n) is 4.79. The fourth-order valence-corrected chi connectivity index (χ4v) is 4.79. The van der Waals surface area contributed by atoms with E-state index >= 15 is 0 Å². The van der Waals surface area contributed by atoms with E-state index in [1.54, 1.807) is 53.8 Å². The van der Waals surface area contributed by atoms with E-state index in [0.717, 1.165) is 10.9 Å². The monoisotopic (exact) mass is 630 g/mol. The zero-order valence-electron chi connectivity index (χ0n) is 27.4. The lowest BCUT2D eigenvalue weighted by atomic mass is 10.1. The van der Waals surface area contributed by atoms with Crippen molar-refractivity contribution in [2.24, 2.45) is 4.99 Å². The zero-order valence-corrected chi connectivity index (χ0v) is 27.4. The minimum atomic E-state index is -0.850. The number of ketones is 1. The van der Waals surface area contributed by atoms with Crippen molar-refractivity contribution >= 4 is 52.6 Å². The number of para-hydroxylation sites is 1. The van der Waals surface area contributed by atoms with Crippen molar-refractivity contribution in [1.29, 1.82) is 0 Å². The average Bonchev–Trinajstić information content (AvgIpc) is 3.53. The van der Waals surface area contributed by atoms with Gasteiger partial charge in [-0.15, -0.1) is 0 Å². The van der Waals surface area contributed by atoms with Crippen molar-refractivity contribution in [3.63, 3.8) is 0 Å². The molecule has 242 valence electrons. The maximum absolute atomic E-state index is 14.1. The highest BCUT2D eigenvalue weighted by Crippen LogP contribution is 2.29. The van der Waals surface area contributed by atoms with Gasteiger partial charge < -0.3 is 9.47 Å². The first kappa shape index (κ1) is 33.8. The Morgan fingerprint density at radius 2 is 1.74 bits per heavy atom. The summed E-state index contributed by atoms with van der Waals surface area (Å²) < 4.78 is 28.4. The molecule has 0 aliphatic rings. The number of carbonyl (C=O) groups excluding carboxylic acids is 3. The molecule has 1 aromatic carbocycles. The predicted molar refractivity (Wildman–Crippen MR) is 176 cm³/mol. The van der Waals surface area contributed by atoms with Crippen LogP contribution in [0.15, 0.2) is 65.8 Å². The van der Waals surface area contributed by atoms with E-state index in [1.807, 2.05) is 24.3 Å². The number of ether oxygens (including phenoxy) is 2. The number of halogens is 1. The van der Waals surface area contributed by atoms with Gasteiger partial charge in [0.05, 0.1) is 28.8 Å². The van der Waals surface area contributed by atoms with Crippen LogP contribution >= 0.6 is 0 Å². The standard InChI is InChI=1S/C34H39FN6O5/c1-21(35)16-24(18-36-9)27-17-29(41-30(38-27)26(19-37-41)22(2)42)39(31(43)45-33(3,4)5)15-14-23-20-40(32(44)46-34(6,7)8)28-13-11-10-12-25(23)28/h10-13,16-20H,9,14-15H2,1-8H3/b21-16+,24-18+. The number of allylic oxidation sites excluding steroid dienone is 3. The van der Waals surface area contributed by atoms with E-state index in [0.29, 0.717) is 5.52 Å². The highest BCUT2D eigenvalue weighted by molar-refractivity contribution is 6.00.